The molecule has 0 radical (unpaired) electrons. The smallest absolute Gasteiger partial charge is 0.342 e. The van der Waals surface area contributed by atoms with Crippen molar-refractivity contribution in [1.82, 2.24) is 10.3 Å². The average Bonchev–Trinajstić information content (AvgIpc) is 3.16. The van der Waals surface area contributed by atoms with Gasteiger partial charge in [-0.25, -0.2) is 4.98 Å². The molecule has 30 heavy (non-hydrogen) atoms. The van der Waals surface area contributed by atoms with E-state index in [-0.39, 0.29) is 17.8 Å². The Morgan fingerprint density at radius 2 is 1.90 bits per heavy atom. The number of carbonyl (C=O) groups is 2. The fourth-order valence-corrected chi connectivity index (χ4v) is 4.24. The number of Topliss-reactive ketones (excluding diaryl/α,β-unsaturated/α-hetero) is 1. The second kappa shape index (κ2) is 9.53. The van der Waals surface area contributed by atoms with Crippen molar-refractivity contribution in [3.05, 3.63) is 52.6 Å². The minimum Gasteiger partial charge on any atom is -0.342 e. The number of ketones is 1. The highest BCUT2D eigenvalue weighted by molar-refractivity contribution is 7.20. The summed E-state index contributed by atoms with van der Waals surface area (Å²) in [5.74, 6) is -1.30. The van der Waals surface area contributed by atoms with E-state index < -0.39 is 35.1 Å². The van der Waals surface area contributed by atoms with Gasteiger partial charge in [-0.1, -0.05) is 24.3 Å². The number of thiazole rings is 1. The van der Waals surface area contributed by atoms with Gasteiger partial charge in [0.15, 0.2) is 5.01 Å². The van der Waals surface area contributed by atoms with Gasteiger partial charge < -0.3 is 11.1 Å². The van der Waals surface area contributed by atoms with E-state index in [1.165, 1.54) is 17.4 Å². The van der Waals surface area contributed by atoms with Crippen LogP contribution in [0.3, 0.4) is 0 Å². The average molecular weight is 437 g/mol. The van der Waals surface area contributed by atoms with E-state index in [0.29, 0.717) is 31.3 Å². The van der Waals surface area contributed by atoms with E-state index in [1.807, 2.05) is 12.1 Å². The van der Waals surface area contributed by atoms with E-state index in [4.69, 9.17) is 5.73 Å². The van der Waals surface area contributed by atoms with Gasteiger partial charge in [0.05, 0.1) is 21.8 Å². The molecule has 1 aromatic carbocycles. The molecule has 0 bridgehead atoms. The summed E-state index contributed by atoms with van der Waals surface area (Å²) in [7, 11) is 0. The highest BCUT2D eigenvalue weighted by Crippen LogP contribution is 2.34. The Morgan fingerprint density at radius 3 is 2.60 bits per heavy atom. The fourth-order valence-electron chi connectivity index (χ4n) is 3.28. The Bertz CT molecular complexity index is 962. The molecule has 9 heteroatoms. The molecule has 5 nitrogen and oxygen atoms in total. The van der Waals surface area contributed by atoms with E-state index in [9.17, 15) is 22.8 Å². The first-order valence-electron chi connectivity index (χ1n) is 9.70. The van der Waals surface area contributed by atoms with Crippen LogP contribution < -0.4 is 11.1 Å². The molecule has 0 spiro atoms. The number of halogens is 3. The van der Waals surface area contributed by atoms with E-state index in [0.717, 1.165) is 10.8 Å². The topological polar surface area (TPSA) is 85.1 Å². The summed E-state index contributed by atoms with van der Waals surface area (Å²) < 4.78 is 40.7. The third-order valence-electron chi connectivity index (χ3n) is 4.78. The SMILES string of the molecule is NCCCCC(NC(=O)C1=CCCC=C1C(F)(F)F)C(=O)c1nc2ccccc2s1. The van der Waals surface area contributed by atoms with Crippen molar-refractivity contribution in [2.75, 3.05) is 6.54 Å². The number of nitrogens with zero attached hydrogens (tertiary/aromatic N) is 1. The van der Waals surface area contributed by atoms with Crippen LogP contribution in [0.4, 0.5) is 13.2 Å². The highest BCUT2D eigenvalue weighted by atomic mass is 32.1. The molecule has 0 aliphatic heterocycles. The maximum absolute atomic E-state index is 13.3. The summed E-state index contributed by atoms with van der Waals surface area (Å²) in [4.78, 5) is 30.1. The normalized spacial score (nSPS) is 15.5. The zero-order chi connectivity index (χ0) is 21.7. The van der Waals surface area contributed by atoms with Crippen LogP contribution in [0.15, 0.2) is 47.6 Å². The first-order chi connectivity index (χ1) is 14.3. The molecule has 0 saturated heterocycles. The van der Waals surface area contributed by atoms with Crippen LogP contribution in [0.5, 0.6) is 0 Å². The number of unbranched alkanes of at least 4 members (excludes halogenated alkanes) is 1. The van der Waals surface area contributed by atoms with Gasteiger partial charge in [-0.05, 0) is 50.8 Å². The number of nitrogens with one attached hydrogen (secondary N) is 1. The molecule has 0 fully saturated rings. The summed E-state index contributed by atoms with van der Waals surface area (Å²) >= 11 is 1.20. The first kappa shape index (κ1) is 22.2. The number of allylic oxidation sites excluding steroid dienone is 2. The second-order valence-corrected chi connectivity index (χ2v) is 8.00. The number of rotatable bonds is 8. The van der Waals surface area contributed by atoms with Crippen LogP contribution in [0, 0.1) is 0 Å². The summed E-state index contributed by atoms with van der Waals surface area (Å²) in [5.41, 5.74) is 4.78. The fraction of sp³-hybridized carbons (Fsp3) is 0.381. The Hall–Kier alpha value is -2.52. The zero-order valence-electron chi connectivity index (χ0n) is 16.2. The summed E-state index contributed by atoms with van der Waals surface area (Å²) in [6, 6.07) is 6.27. The van der Waals surface area contributed by atoms with E-state index in [2.05, 4.69) is 10.3 Å². The third kappa shape index (κ3) is 5.14. The molecule has 160 valence electrons. The lowest BCUT2D eigenvalue weighted by Crippen LogP contribution is -2.42. The Balaban J connectivity index is 1.82. The lowest BCUT2D eigenvalue weighted by atomic mass is 9.95. The van der Waals surface area contributed by atoms with E-state index >= 15 is 0 Å². The predicted octanol–water partition coefficient (Wildman–Crippen LogP) is 4.30. The minimum atomic E-state index is -4.63. The van der Waals surface area contributed by atoms with Crippen LogP contribution in [-0.4, -0.2) is 35.4 Å². The molecule has 3 N–H and O–H groups in total. The second-order valence-electron chi connectivity index (χ2n) is 6.97. The molecule has 1 heterocycles. The lowest BCUT2D eigenvalue weighted by Gasteiger charge is -2.21. The van der Waals surface area contributed by atoms with Crippen LogP contribution in [0.1, 0.15) is 41.9 Å². The summed E-state index contributed by atoms with van der Waals surface area (Å²) in [6.07, 6.45) is -0.312. The molecule has 1 amide bonds. The van der Waals surface area contributed by atoms with Gasteiger partial charge in [-0.2, -0.15) is 13.2 Å². The highest BCUT2D eigenvalue weighted by Gasteiger charge is 2.39. The van der Waals surface area contributed by atoms with Crippen molar-refractivity contribution in [2.24, 2.45) is 5.73 Å². The van der Waals surface area contributed by atoms with Crippen LogP contribution in [-0.2, 0) is 4.79 Å². The van der Waals surface area contributed by atoms with Crippen molar-refractivity contribution in [1.29, 1.82) is 0 Å². The third-order valence-corrected chi connectivity index (χ3v) is 5.83. The van der Waals surface area contributed by atoms with Crippen LogP contribution >= 0.6 is 11.3 Å². The van der Waals surface area contributed by atoms with Crippen molar-refractivity contribution in [3.8, 4) is 0 Å². The summed E-state index contributed by atoms with van der Waals surface area (Å²) in [5, 5.41) is 2.74. The maximum Gasteiger partial charge on any atom is 0.416 e. The molecule has 1 atom stereocenters. The maximum atomic E-state index is 13.3. The zero-order valence-corrected chi connectivity index (χ0v) is 17.0. The predicted molar refractivity (Wildman–Crippen MR) is 110 cm³/mol. The van der Waals surface area contributed by atoms with E-state index in [1.54, 1.807) is 12.1 Å². The molecule has 1 aliphatic carbocycles. The number of hydrogen-bond acceptors (Lipinski definition) is 5. The van der Waals surface area contributed by atoms with Gasteiger partial charge in [-0.3, -0.25) is 9.59 Å². The van der Waals surface area contributed by atoms with Gasteiger partial charge in [0.2, 0.25) is 5.78 Å². The molecule has 0 saturated carbocycles. The number of amides is 1. The van der Waals surface area contributed by atoms with Crippen molar-refractivity contribution < 1.29 is 22.8 Å². The number of aromatic nitrogens is 1. The van der Waals surface area contributed by atoms with Crippen LogP contribution in [0.2, 0.25) is 0 Å². The number of hydrogen-bond donors (Lipinski definition) is 2. The van der Waals surface area contributed by atoms with Gasteiger partial charge in [0, 0.05) is 5.57 Å². The molecule has 2 aromatic rings. The molecule has 1 aliphatic rings. The van der Waals surface area contributed by atoms with Crippen LogP contribution in [0.25, 0.3) is 10.2 Å². The lowest BCUT2D eigenvalue weighted by molar-refractivity contribution is -0.120. The molecule has 3 rings (SSSR count). The van der Waals surface area contributed by atoms with Gasteiger partial charge >= 0.3 is 6.18 Å². The van der Waals surface area contributed by atoms with Crippen molar-refractivity contribution >= 4 is 33.2 Å². The van der Waals surface area contributed by atoms with Gasteiger partial charge in [0.1, 0.15) is 0 Å². The summed E-state index contributed by atoms with van der Waals surface area (Å²) in [6.45, 7) is 0.419. The molecule has 1 unspecified atom stereocenters. The van der Waals surface area contributed by atoms with Gasteiger partial charge in [0.25, 0.3) is 5.91 Å². The number of carbonyl (C=O) groups excluding carboxylic acids is 2. The van der Waals surface area contributed by atoms with Gasteiger partial charge in [-0.15, -0.1) is 11.3 Å². The number of benzene rings is 1. The minimum absolute atomic E-state index is 0.218. The number of nitrogens with two attached hydrogens (primary N) is 1. The largest absolute Gasteiger partial charge is 0.416 e. The number of alkyl halides is 3. The number of fused-ring (bicyclic) bond motifs is 1. The monoisotopic (exact) mass is 437 g/mol. The van der Waals surface area contributed by atoms with Crippen molar-refractivity contribution in [2.45, 2.75) is 44.3 Å². The Labute approximate surface area is 175 Å². The molecule has 1 aromatic heterocycles. The molecular formula is C21H22F3N3O2S. The standard InChI is InChI=1S/C21H22F3N3O2S/c22-21(23,24)14-8-2-1-7-13(14)19(29)26-16(10-5-6-12-25)18(28)20-27-15-9-3-4-11-17(15)30-20/h3-4,7-9,11,16H,1-2,5-6,10,12,25H2,(H,26,29). The quantitative estimate of drug-likeness (QED) is 0.476. The molecular weight excluding hydrogens is 415 g/mol. The first-order valence-corrected chi connectivity index (χ1v) is 10.5. The van der Waals surface area contributed by atoms with Crippen molar-refractivity contribution in [3.63, 3.8) is 0 Å². The Morgan fingerprint density at radius 1 is 1.17 bits per heavy atom. The number of para-hydroxylation sites is 1. The Kier molecular flexibility index (Phi) is 7.04.